The van der Waals surface area contributed by atoms with Crippen LogP contribution in [-0.4, -0.2) is 35.5 Å². The highest BCUT2D eigenvalue weighted by atomic mass is 16.2. The third kappa shape index (κ3) is 1.87. The highest BCUT2D eigenvalue weighted by molar-refractivity contribution is 6.06. The maximum absolute atomic E-state index is 11.7. The lowest BCUT2D eigenvalue weighted by Crippen LogP contribution is -2.41. The minimum atomic E-state index is -0.772. The van der Waals surface area contributed by atoms with Crippen LogP contribution in [0, 0.1) is 5.92 Å². The Hall–Kier alpha value is -1.10. The number of amides is 3. The van der Waals surface area contributed by atoms with Gasteiger partial charge in [-0.1, -0.05) is 6.92 Å². The van der Waals surface area contributed by atoms with Crippen molar-refractivity contribution >= 4 is 11.9 Å². The summed E-state index contributed by atoms with van der Waals surface area (Å²) in [5, 5.41) is 2.62. The molecule has 0 spiro atoms. The maximum Gasteiger partial charge on any atom is 0.325 e. The molecule has 3 amide bonds. The lowest BCUT2D eigenvalue weighted by molar-refractivity contribution is -0.130. The van der Waals surface area contributed by atoms with Gasteiger partial charge in [-0.2, -0.15) is 0 Å². The van der Waals surface area contributed by atoms with Crippen molar-refractivity contribution < 1.29 is 9.59 Å². The minimum Gasteiger partial charge on any atom is -0.330 e. The summed E-state index contributed by atoms with van der Waals surface area (Å²) in [6.07, 6.45) is 0. The van der Waals surface area contributed by atoms with Crippen LogP contribution >= 0.6 is 0 Å². The van der Waals surface area contributed by atoms with Gasteiger partial charge in [-0.05, 0) is 26.3 Å². The zero-order chi connectivity index (χ0) is 10.9. The Bertz CT molecular complexity index is 263. The molecule has 0 aromatic rings. The van der Waals surface area contributed by atoms with Gasteiger partial charge in [0.25, 0.3) is 5.91 Å². The SMILES string of the molecule is CC(CN)CN1C(=O)NC(C)(C)C1=O. The lowest BCUT2D eigenvalue weighted by atomic mass is 10.1. The largest absolute Gasteiger partial charge is 0.330 e. The fourth-order valence-electron chi connectivity index (χ4n) is 1.37. The Morgan fingerprint density at radius 1 is 1.50 bits per heavy atom. The highest BCUT2D eigenvalue weighted by Gasteiger charge is 2.44. The molecule has 1 unspecified atom stereocenters. The number of imide groups is 1. The predicted molar refractivity (Wildman–Crippen MR) is 52.5 cm³/mol. The van der Waals surface area contributed by atoms with E-state index in [-0.39, 0.29) is 17.9 Å². The molecule has 80 valence electrons. The summed E-state index contributed by atoms with van der Waals surface area (Å²) < 4.78 is 0. The van der Waals surface area contributed by atoms with Crippen LogP contribution in [0.5, 0.6) is 0 Å². The van der Waals surface area contributed by atoms with E-state index in [0.717, 1.165) is 0 Å². The van der Waals surface area contributed by atoms with Crippen molar-refractivity contribution in [1.82, 2.24) is 10.2 Å². The first-order valence-corrected chi connectivity index (χ1v) is 4.72. The van der Waals surface area contributed by atoms with Crippen LogP contribution in [0.3, 0.4) is 0 Å². The Labute approximate surface area is 83.6 Å². The number of carbonyl (C=O) groups excluding carboxylic acids is 2. The molecule has 14 heavy (non-hydrogen) atoms. The molecule has 1 saturated heterocycles. The second-order valence-electron chi connectivity index (χ2n) is 4.31. The fraction of sp³-hybridized carbons (Fsp3) is 0.778. The molecule has 5 nitrogen and oxygen atoms in total. The summed E-state index contributed by atoms with van der Waals surface area (Å²) in [4.78, 5) is 24.3. The summed E-state index contributed by atoms with van der Waals surface area (Å²) in [5.41, 5.74) is 4.67. The average molecular weight is 199 g/mol. The first kappa shape index (κ1) is 11.0. The van der Waals surface area contributed by atoms with E-state index in [1.807, 2.05) is 6.92 Å². The smallest absolute Gasteiger partial charge is 0.325 e. The van der Waals surface area contributed by atoms with Crippen LogP contribution in [0.15, 0.2) is 0 Å². The highest BCUT2D eigenvalue weighted by Crippen LogP contribution is 2.17. The van der Waals surface area contributed by atoms with Gasteiger partial charge in [-0.25, -0.2) is 4.79 Å². The quantitative estimate of drug-likeness (QED) is 0.624. The number of carbonyl (C=O) groups is 2. The molecule has 5 heteroatoms. The number of hydrogen-bond acceptors (Lipinski definition) is 3. The van der Waals surface area contributed by atoms with Crippen LogP contribution in [0.1, 0.15) is 20.8 Å². The van der Waals surface area contributed by atoms with Gasteiger partial charge >= 0.3 is 6.03 Å². The van der Waals surface area contributed by atoms with Crippen LogP contribution in [0.2, 0.25) is 0 Å². The first-order valence-electron chi connectivity index (χ1n) is 4.72. The fourth-order valence-corrected chi connectivity index (χ4v) is 1.37. The molecule has 1 heterocycles. The van der Waals surface area contributed by atoms with Crippen LogP contribution in [-0.2, 0) is 4.79 Å². The van der Waals surface area contributed by atoms with E-state index in [1.165, 1.54) is 4.90 Å². The molecule has 0 radical (unpaired) electrons. The summed E-state index contributed by atoms with van der Waals surface area (Å²) >= 11 is 0. The molecule has 1 atom stereocenters. The Balaban J connectivity index is 2.71. The van der Waals surface area contributed by atoms with Gasteiger partial charge in [-0.15, -0.1) is 0 Å². The molecular weight excluding hydrogens is 182 g/mol. The van der Waals surface area contributed by atoms with Crippen molar-refractivity contribution in [2.45, 2.75) is 26.3 Å². The van der Waals surface area contributed by atoms with Crippen molar-refractivity contribution in [3.8, 4) is 0 Å². The predicted octanol–water partition coefficient (Wildman–Crippen LogP) is -0.0884. The number of nitrogens with two attached hydrogens (primary N) is 1. The monoisotopic (exact) mass is 199 g/mol. The van der Waals surface area contributed by atoms with Gasteiger partial charge in [0.2, 0.25) is 0 Å². The molecule has 0 aromatic carbocycles. The third-order valence-corrected chi connectivity index (χ3v) is 2.34. The second-order valence-corrected chi connectivity index (χ2v) is 4.31. The molecular formula is C9H17N3O2. The van der Waals surface area contributed by atoms with E-state index in [1.54, 1.807) is 13.8 Å². The molecule has 0 aromatic heterocycles. The standard InChI is InChI=1S/C9H17N3O2/c1-6(4-10)5-12-7(13)9(2,3)11-8(12)14/h6H,4-5,10H2,1-3H3,(H,11,14). The van der Waals surface area contributed by atoms with Crippen molar-refractivity contribution in [2.75, 3.05) is 13.1 Å². The lowest BCUT2D eigenvalue weighted by Gasteiger charge is -2.18. The van der Waals surface area contributed by atoms with E-state index in [9.17, 15) is 9.59 Å². The van der Waals surface area contributed by atoms with Crippen LogP contribution in [0.25, 0.3) is 0 Å². The van der Waals surface area contributed by atoms with E-state index in [4.69, 9.17) is 5.73 Å². The summed E-state index contributed by atoms with van der Waals surface area (Å²) in [5.74, 6) is -0.0404. The maximum atomic E-state index is 11.7. The molecule has 0 aliphatic carbocycles. The molecule has 1 fully saturated rings. The van der Waals surface area contributed by atoms with Crippen LogP contribution < -0.4 is 11.1 Å². The van der Waals surface area contributed by atoms with Gasteiger partial charge in [0.1, 0.15) is 5.54 Å². The van der Waals surface area contributed by atoms with Gasteiger partial charge in [0.15, 0.2) is 0 Å². The zero-order valence-corrected chi connectivity index (χ0v) is 8.83. The Morgan fingerprint density at radius 3 is 2.43 bits per heavy atom. The van der Waals surface area contributed by atoms with E-state index in [2.05, 4.69) is 5.32 Å². The van der Waals surface area contributed by atoms with Gasteiger partial charge in [0.05, 0.1) is 0 Å². The molecule has 1 aliphatic heterocycles. The number of rotatable bonds is 3. The minimum absolute atomic E-state index is 0.138. The third-order valence-electron chi connectivity index (χ3n) is 2.34. The number of hydrogen-bond donors (Lipinski definition) is 2. The number of nitrogens with one attached hydrogen (secondary N) is 1. The normalized spacial score (nSPS) is 22.4. The van der Waals surface area contributed by atoms with Crippen molar-refractivity contribution in [3.63, 3.8) is 0 Å². The summed E-state index contributed by atoms with van der Waals surface area (Å²) in [6.45, 7) is 6.16. The Morgan fingerprint density at radius 2 is 2.07 bits per heavy atom. The van der Waals surface area contributed by atoms with Gasteiger partial charge < -0.3 is 11.1 Å². The first-order chi connectivity index (χ1) is 6.38. The summed E-state index contributed by atoms with van der Waals surface area (Å²) in [7, 11) is 0. The van der Waals surface area contributed by atoms with Gasteiger partial charge in [0, 0.05) is 6.54 Å². The zero-order valence-electron chi connectivity index (χ0n) is 8.83. The number of nitrogens with zero attached hydrogens (tertiary/aromatic N) is 1. The molecule has 1 rings (SSSR count). The second kappa shape index (κ2) is 3.57. The molecule has 1 aliphatic rings. The van der Waals surface area contributed by atoms with Crippen molar-refractivity contribution in [1.29, 1.82) is 0 Å². The van der Waals surface area contributed by atoms with Crippen molar-refractivity contribution in [3.05, 3.63) is 0 Å². The molecule has 0 bridgehead atoms. The molecule has 0 saturated carbocycles. The summed E-state index contributed by atoms with van der Waals surface area (Å²) in [6, 6.07) is -0.319. The number of urea groups is 1. The van der Waals surface area contributed by atoms with E-state index >= 15 is 0 Å². The topological polar surface area (TPSA) is 75.4 Å². The van der Waals surface area contributed by atoms with Gasteiger partial charge in [-0.3, -0.25) is 9.69 Å². The Kier molecular flexibility index (Phi) is 2.80. The molecule has 3 N–H and O–H groups in total. The van der Waals surface area contributed by atoms with E-state index < -0.39 is 5.54 Å². The van der Waals surface area contributed by atoms with Crippen LogP contribution in [0.4, 0.5) is 4.79 Å². The average Bonchev–Trinajstić information content (AvgIpc) is 2.28. The van der Waals surface area contributed by atoms with Crippen molar-refractivity contribution in [2.24, 2.45) is 11.7 Å². The van der Waals surface area contributed by atoms with E-state index in [0.29, 0.717) is 13.1 Å².